The third-order valence-corrected chi connectivity index (χ3v) is 3.60. The van der Waals surface area contributed by atoms with Crippen LogP contribution in [0, 0.1) is 5.92 Å². The minimum atomic E-state index is -0.154. The van der Waals surface area contributed by atoms with Crippen LogP contribution in [0.4, 0.5) is 5.69 Å². The van der Waals surface area contributed by atoms with Gasteiger partial charge in [0.1, 0.15) is 0 Å². The molecule has 0 aliphatic heterocycles. The molecule has 1 rings (SSSR count). The molecule has 19 heavy (non-hydrogen) atoms. The summed E-state index contributed by atoms with van der Waals surface area (Å²) < 4.78 is 0. The van der Waals surface area contributed by atoms with Gasteiger partial charge in [-0.05, 0) is 25.0 Å². The van der Waals surface area contributed by atoms with Crippen molar-refractivity contribution in [3.8, 4) is 5.75 Å². The van der Waals surface area contributed by atoms with Crippen molar-refractivity contribution >= 4 is 11.6 Å². The summed E-state index contributed by atoms with van der Waals surface area (Å²) in [6.07, 6.45) is 2.09. The smallest absolute Gasteiger partial charge is 0.257 e. The minimum Gasteiger partial charge on any atom is -0.505 e. The second-order valence-electron chi connectivity index (χ2n) is 4.77. The van der Waals surface area contributed by atoms with Gasteiger partial charge in [-0.2, -0.15) is 0 Å². The van der Waals surface area contributed by atoms with Crippen LogP contribution in [0.25, 0.3) is 0 Å². The molecule has 0 heterocycles. The van der Waals surface area contributed by atoms with Crippen molar-refractivity contribution in [2.75, 3.05) is 18.8 Å². The van der Waals surface area contributed by atoms with Crippen LogP contribution in [-0.4, -0.2) is 29.0 Å². The highest BCUT2D eigenvalue weighted by Crippen LogP contribution is 2.26. The molecule has 4 heteroatoms. The largest absolute Gasteiger partial charge is 0.505 e. The summed E-state index contributed by atoms with van der Waals surface area (Å²) in [5.41, 5.74) is 6.16. The number of carbonyl (C=O) groups is 1. The monoisotopic (exact) mass is 264 g/mol. The van der Waals surface area contributed by atoms with E-state index in [1.54, 1.807) is 23.1 Å². The Morgan fingerprint density at radius 3 is 2.47 bits per heavy atom. The third-order valence-electron chi connectivity index (χ3n) is 3.60. The quantitative estimate of drug-likeness (QED) is 0.613. The van der Waals surface area contributed by atoms with Gasteiger partial charge in [0.25, 0.3) is 5.91 Å². The van der Waals surface area contributed by atoms with E-state index in [2.05, 4.69) is 13.8 Å². The van der Waals surface area contributed by atoms with Crippen LogP contribution in [-0.2, 0) is 0 Å². The number of nitrogens with two attached hydrogens (primary N) is 1. The Morgan fingerprint density at radius 1 is 1.32 bits per heavy atom. The number of anilines is 1. The number of nitrogen functional groups attached to an aromatic ring is 1. The van der Waals surface area contributed by atoms with E-state index in [0.717, 1.165) is 19.4 Å². The first-order chi connectivity index (χ1) is 9.04. The molecule has 0 bridgehead atoms. The van der Waals surface area contributed by atoms with Crippen molar-refractivity contribution in [3.05, 3.63) is 23.8 Å². The zero-order chi connectivity index (χ0) is 14.4. The first-order valence-corrected chi connectivity index (χ1v) is 6.91. The van der Waals surface area contributed by atoms with Crippen LogP contribution in [0.3, 0.4) is 0 Å². The fraction of sp³-hybridized carbons (Fsp3) is 0.533. The number of benzene rings is 1. The highest BCUT2D eigenvalue weighted by atomic mass is 16.3. The molecule has 3 N–H and O–H groups in total. The normalized spacial score (nSPS) is 10.7. The lowest BCUT2D eigenvalue weighted by atomic mass is 10.0. The summed E-state index contributed by atoms with van der Waals surface area (Å²) in [5.74, 6) is 0.224. The van der Waals surface area contributed by atoms with E-state index < -0.39 is 0 Å². The predicted molar refractivity (Wildman–Crippen MR) is 78.2 cm³/mol. The first kappa shape index (κ1) is 15.3. The fourth-order valence-electron chi connectivity index (χ4n) is 2.12. The Hall–Kier alpha value is -1.71. The molecule has 0 radical (unpaired) electrons. The fourth-order valence-corrected chi connectivity index (χ4v) is 2.12. The average molecular weight is 264 g/mol. The highest BCUT2D eigenvalue weighted by molar-refractivity contribution is 5.98. The van der Waals surface area contributed by atoms with Gasteiger partial charge in [-0.1, -0.05) is 32.8 Å². The third kappa shape index (κ3) is 3.63. The number of phenols is 1. The van der Waals surface area contributed by atoms with E-state index in [-0.39, 0.29) is 22.9 Å². The number of amides is 1. The second kappa shape index (κ2) is 7.02. The Morgan fingerprint density at radius 2 is 1.95 bits per heavy atom. The second-order valence-corrected chi connectivity index (χ2v) is 4.77. The number of hydrogen-bond acceptors (Lipinski definition) is 3. The van der Waals surface area contributed by atoms with Crippen molar-refractivity contribution in [1.29, 1.82) is 0 Å². The van der Waals surface area contributed by atoms with Crippen LogP contribution < -0.4 is 5.73 Å². The van der Waals surface area contributed by atoms with Gasteiger partial charge in [-0.3, -0.25) is 4.79 Å². The number of rotatable bonds is 6. The van der Waals surface area contributed by atoms with E-state index in [9.17, 15) is 9.90 Å². The number of aromatic hydroxyl groups is 1. The molecule has 0 saturated carbocycles. The van der Waals surface area contributed by atoms with Crippen LogP contribution >= 0.6 is 0 Å². The molecule has 4 nitrogen and oxygen atoms in total. The maximum atomic E-state index is 12.4. The molecule has 106 valence electrons. The van der Waals surface area contributed by atoms with E-state index in [4.69, 9.17) is 5.73 Å². The Kier molecular flexibility index (Phi) is 5.67. The first-order valence-electron chi connectivity index (χ1n) is 6.91. The number of hydrogen-bond donors (Lipinski definition) is 2. The Bertz CT molecular complexity index is 428. The molecule has 0 aliphatic rings. The molecule has 0 aliphatic carbocycles. The zero-order valence-electron chi connectivity index (χ0n) is 12.0. The number of phenolic OH excluding ortho intramolecular Hbond substituents is 1. The SMILES string of the molecule is CCC(CC)CN(CC)C(=O)c1cccc(N)c1O. The van der Waals surface area contributed by atoms with Crippen molar-refractivity contribution in [1.82, 2.24) is 4.90 Å². The maximum Gasteiger partial charge on any atom is 0.257 e. The van der Waals surface area contributed by atoms with Gasteiger partial charge in [0.15, 0.2) is 5.75 Å². The van der Waals surface area contributed by atoms with E-state index >= 15 is 0 Å². The lowest BCUT2D eigenvalue weighted by Crippen LogP contribution is -2.35. The van der Waals surface area contributed by atoms with E-state index in [0.29, 0.717) is 12.5 Å². The van der Waals surface area contributed by atoms with Crippen LogP contribution in [0.1, 0.15) is 44.0 Å². The van der Waals surface area contributed by atoms with Gasteiger partial charge < -0.3 is 15.7 Å². The lowest BCUT2D eigenvalue weighted by molar-refractivity contribution is 0.0732. The molecule has 0 aromatic heterocycles. The van der Waals surface area contributed by atoms with Crippen molar-refractivity contribution < 1.29 is 9.90 Å². The van der Waals surface area contributed by atoms with Gasteiger partial charge >= 0.3 is 0 Å². The molecule has 1 aromatic rings. The summed E-state index contributed by atoms with van der Waals surface area (Å²) in [6, 6.07) is 4.89. The lowest BCUT2D eigenvalue weighted by Gasteiger charge is -2.26. The summed E-state index contributed by atoms with van der Waals surface area (Å²) in [6.45, 7) is 7.55. The molecule has 0 spiro atoms. The molecular weight excluding hydrogens is 240 g/mol. The summed E-state index contributed by atoms with van der Waals surface area (Å²) >= 11 is 0. The summed E-state index contributed by atoms with van der Waals surface area (Å²) in [4.78, 5) is 14.2. The minimum absolute atomic E-state index is 0.115. The van der Waals surface area contributed by atoms with Crippen molar-refractivity contribution in [2.45, 2.75) is 33.6 Å². The zero-order valence-corrected chi connectivity index (χ0v) is 12.0. The number of carbonyl (C=O) groups excluding carboxylic acids is 1. The van der Waals surface area contributed by atoms with E-state index in [1.165, 1.54) is 0 Å². The summed E-state index contributed by atoms with van der Waals surface area (Å²) in [7, 11) is 0. The topological polar surface area (TPSA) is 66.6 Å². The van der Waals surface area contributed by atoms with Gasteiger partial charge in [0.2, 0.25) is 0 Å². The van der Waals surface area contributed by atoms with E-state index in [1.807, 2.05) is 6.92 Å². The molecule has 0 saturated heterocycles. The maximum absolute atomic E-state index is 12.4. The van der Waals surface area contributed by atoms with Gasteiger partial charge in [-0.25, -0.2) is 0 Å². The molecule has 0 atom stereocenters. The van der Waals surface area contributed by atoms with Crippen molar-refractivity contribution in [2.24, 2.45) is 5.92 Å². The van der Waals surface area contributed by atoms with Crippen LogP contribution in [0.15, 0.2) is 18.2 Å². The predicted octanol–water partition coefficient (Wildman–Crippen LogP) is 2.87. The Labute approximate surface area is 115 Å². The number of nitrogens with zero attached hydrogens (tertiary/aromatic N) is 1. The number of para-hydroxylation sites is 1. The van der Waals surface area contributed by atoms with Crippen molar-refractivity contribution in [3.63, 3.8) is 0 Å². The molecule has 0 unspecified atom stereocenters. The molecule has 1 aromatic carbocycles. The van der Waals surface area contributed by atoms with Gasteiger partial charge in [-0.15, -0.1) is 0 Å². The van der Waals surface area contributed by atoms with Crippen LogP contribution in [0.2, 0.25) is 0 Å². The van der Waals surface area contributed by atoms with Gasteiger partial charge in [0, 0.05) is 13.1 Å². The molecule has 1 amide bonds. The Balaban J connectivity index is 2.92. The average Bonchev–Trinajstić information content (AvgIpc) is 2.43. The highest BCUT2D eigenvalue weighted by Gasteiger charge is 2.20. The van der Waals surface area contributed by atoms with Crippen LogP contribution in [0.5, 0.6) is 5.75 Å². The van der Waals surface area contributed by atoms with Gasteiger partial charge in [0.05, 0.1) is 11.3 Å². The standard InChI is InChI=1S/C15H24N2O2/c1-4-11(5-2)10-17(6-3)15(19)12-8-7-9-13(16)14(12)18/h7-9,11,18H,4-6,10,16H2,1-3H3. The molecule has 0 fully saturated rings. The molecular formula is C15H24N2O2. The summed E-state index contributed by atoms with van der Waals surface area (Å²) in [5, 5.41) is 9.89.